The maximum atomic E-state index is 9.95. The molecule has 58 valence electrons. The molecular formula is C7H13NOS. The molecule has 0 spiro atoms. The molecule has 0 unspecified atom stereocenters. The summed E-state index contributed by atoms with van der Waals surface area (Å²) >= 11 is 0.583. The van der Waals surface area contributed by atoms with Crippen LogP contribution in [0.15, 0.2) is 0 Å². The summed E-state index contributed by atoms with van der Waals surface area (Å²) in [4.78, 5) is 2.41. The first-order valence-electron chi connectivity index (χ1n) is 3.76. The van der Waals surface area contributed by atoms with Crippen LogP contribution in [0.3, 0.4) is 0 Å². The van der Waals surface area contributed by atoms with Gasteiger partial charge in [0.15, 0.2) is 0 Å². The van der Waals surface area contributed by atoms with Gasteiger partial charge in [0, 0.05) is 11.9 Å². The minimum Gasteiger partial charge on any atom is -0.303 e. The molecular weight excluding hydrogens is 146 g/mol. The molecule has 0 amide bonds. The third kappa shape index (κ3) is 2.62. The smallest absolute Gasteiger partial charge is 0.0841 e. The molecule has 0 atom stereocenters. The van der Waals surface area contributed by atoms with E-state index in [1.165, 1.54) is 25.9 Å². The lowest BCUT2D eigenvalue weighted by molar-refractivity contribution is 0.351. The third-order valence-electron chi connectivity index (χ3n) is 1.83. The maximum absolute atomic E-state index is 9.95. The molecule has 0 aliphatic carbocycles. The molecule has 1 saturated heterocycles. The van der Waals surface area contributed by atoms with Crippen LogP contribution in [0.2, 0.25) is 0 Å². The third-order valence-corrected chi connectivity index (χ3v) is 2.20. The van der Waals surface area contributed by atoms with Crippen LogP contribution in [0.25, 0.3) is 0 Å². The predicted molar refractivity (Wildman–Crippen MR) is 44.5 cm³/mol. The van der Waals surface area contributed by atoms with Crippen molar-refractivity contribution in [1.29, 1.82) is 0 Å². The van der Waals surface area contributed by atoms with Crippen LogP contribution < -0.4 is 0 Å². The van der Waals surface area contributed by atoms with Crippen molar-refractivity contribution < 1.29 is 4.21 Å². The number of nitrogens with zero attached hydrogens (tertiary/aromatic N) is 1. The van der Waals surface area contributed by atoms with Crippen LogP contribution in [0, 0.1) is 0 Å². The van der Waals surface area contributed by atoms with Gasteiger partial charge < -0.3 is 4.90 Å². The van der Waals surface area contributed by atoms with Gasteiger partial charge in [0.05, 0.1) is 11.3 Å². The Bertz CT molecular complexity index is 137. The van der Waals surface area contributed by atoms with Crippen molar-refractivity contribution in [2.24, 2.45) is 0 Å². The summed E-state index contributed by atoms with van der Waals surface area (Å²) in [6, 6.07) is 0. The normalized spacial score (nSPS) is 19.2. The van der Waals surface area contributed by atoms with Gasteiger partial charge >= 0.3 is 0 Å². The standard InChI is InChI=1S/C7H13NOS/c9-10-7-3-6-8-4-1-2-5-8/h7H,1-6H2. The lowest BCUT2D eigenvalue weighted by Gasteiger charge is -2.11. The maximum Gasteiger partial charge on any atom is 0.0841 e. The Kier molecular flexibility index (Phi) is 3.68. The van der Waals surface area contributed by atoms with E-state index >= 15 is 0 Å². The first-order valence-corrected chi connectivity index (χ1v) is 4.56. The van der Waals surface area contributed by atoms with Gasteiger partial charge in [-0.2, -0.15) is 0 Å². The van der Waals surface area contributed by atoms with E-state index in [9.17, 15) is 4.21 Å². The van der Waals surface area contributed by atoms with Gasteiger partial charge in [0.1, 0.15) is 0 Å². The Hall–Kier alpha value is -0.150. The Morgan fingerprint density at radius 1 is 1.40 bits per heavy atom. The molecule has 2 nitrogen and oxygen atoms in total. The Morgan fingerprint density at radius 2 is 2.10 bits per heavy atom. The van der Waals surface area contributed by atoms with Crippen molar-refractivity contribution in [1.82, 2.24) is 4.90 Å². The van der Waals surface area contributed by atoms with Crippen LogP contribution in [-0.4, -0.2) is 34.1 Å². The molecule has 0 N–H and O–H groups in total. The summed E-state index contributed by atoms with van der Waals surface area (Å²) in [5.41, 5.74) is 0. The number of hydrogen-bond acceptors (Lipinski definition) is 2. The summed E-state index contributed by atoms with van der Waals surface area (Å²) in [5, 5.41) is 1.73. The molecule has 1 fully saturated rings. The second kappa shape index (κ2) is 4.63. The Labute approximate surface area is 65.3 Å². The molecule has 0 aromatic carbocycles. The van der Waals surface area contributed by atoms with E-state index in [4.69, 9.17) is 0 Å². The molecule has 0 aromatic rings. The largest absolute Gasteiger partial charge is 0.303 e. The number of rotatable bonds is 3. The first-order chi connectivity index (χ1) is 4.93. The second-order valence-corrected chi connectivity index (χ2v) is 3.13. The minimum absolute atomic E-state index is 0.583. The van der Waals surface area contributed by atoms with Gasteiger partial charge in [0.2, 0.25) is 0 Å². The van der Waals surface area contributed by atoms with Gasteiger partial charge in [-0.25, -0.2) is 4.21 Å². The topological polar surface area (TPSA) is 20.3 Å². The zero-order valence-corrected chi connectivity index (χ0v) is 6.90. The quantitative estimate of drug-likeness (QED) is 0.558. The van der Waals surface area contributed by atoms with Gasteiger partial charge in [-0.15, -0.1) is 0 Å². The molecule has 1 aliphatic rings. The van der Waals surface area contributed by atoms with Crippen LogP contribution in [0.5, 0.6) is 0 Å². The summed E-state index contributed by atoms with van der Waals surface area (Å²) in [7, 11) is 0. The fourth-order valence-corrected chi connectivity index (χ4v) is 1.49. The van der Waals surface area contributed by atoms with Crippen LogP contribution >= 0.6 is 0 Å². The molecule has 10 heavy (non-hydrogen) atoms. The highest BCUT2D eigenvalue weighted by atomic mass is 32.1. The van der Waals surface area contributed by atoms with Gasteiger partial charge in [-0.05, 0) is 32.4 Å². The molecule has 0 bridgehead atoms. The van der Waals surface area contributed by atoms with Crippen molar-refractivity contribution in [2.75, 3.05) is 19.6 Å². The van der Waals surface area contributed by atoms with Crippen molar-refractivity contribution in [3.63, 3.8) is 0 Å². The summed E-state index contributed by atoms with van der Waals surface area (Å²) in [6.07, 6.45) is 3.61. The monoisotopic (exact) mass is 159 g/mol. The summed E-state index contributed by atoms with van der Waals surface area (Å²) in [5.74, 6) is 0. The zero-order valence-electron chi connectivity index (χ0n) is 6.08. The van der Waals surface area contributed by atoms with E-state index in [1.807, 2.05) is 0 Å². The van der Waals surface area contributed by atoms with Gasteiger partial charge in [0.25, 0.3) is 0 Å². The van der Waals surface area contributed by atoms with Crippen LogP contribution in [-0.2, 0) is 11.3 Å². The molecule has 0 radical (unpaired) electrons. The average Bonchev–Trinajstić information content (AvgIpc) is 2.41. The SMILES string of the molecule is O=S=CCCN1CCCC1. The van der Waals surface area contributed by atoms with E-state index < -0.39 is 0 Å². The predicted octanol–water partition coefficient (Wildman–Crippen LogP) is 0.488. The number of hydrogen-bond donors (Lipinski definition) is 0. The Balaban J connectivity index is 2.06. The second-order valence-electron chi connectivity index (χ2n) is 2.60. The highest BCUT2D eigenvalue weighted by molar-refractivity contribution is 7.64. The molecule has 0 aromatic heterocycles. The zero-order chi connectivity index (χ0) is 7.23. The average molecular weight is 159 g/mol. The van der Waals surface area contributed by atoms with Crippen molar-refractivity contribution in [3.05, 3.63) is 0 Å². The lowest BCUT2D eigenvalue weighted by atomic mass is 10.4. The van der Waals surface area contributed by atoms with Crippen LogP contribution in [0.4, 0.5) is 0 Å². The highest BCUT2D eigenvalue weighted by Gasteiger charge is 2.08. The molecule has 1 aliphatic heterocycles. The van der Waals surface area contributed by atoms with Crippen molar-refractivity contribution in [3.8, 4) is 0 Å². The highest BCUT2D eigenvalue weighted by Crippen LogP contribution is 2.06. The van der Waals surface area contributed by atoms with Gasteiger partial charge in [-0.1, -0.05) is 0 Å². The molecule has 0 saturated carbocycles. The van der Waals surface area contributed by atoms with Crippen LogP contribution in [0.1, 0.15) is 19.3 Å². The fraction of sp³-hybridized carbons (Fsp3) is 0.857. The summed E-state index contributed by atoms with van der Waals surface area (Å²) in [6.45, 7) is 3.55. The molecule has 1 rings (SSSR count). The Morgan fingerprint density at radius 3 is 2.70 bits per heavy atom. The lowest BCUT2D eigenvalue weighted by Crippen LogP contribution is -2.20. The summed E-state index contributed by atoms with van der Waals surface area (Å²) < 4.78 is 9.95. The van der Waals surface area contributed by atoms with Crippen molar-refractivity contribution in [2.45, 2.75) is 19.3 Å². The van der Waals surface area contributed by atoms with E-state index in [2.05, 4.69) is 4.90 Å². The molecule has 1 heterocycles. The molecule has 3 heteroatoms. The fourth-order valence-electron chi connectivity index (χ4n) is 1.29. The van der Waals surface area contributed by atoms with E-state index in [1.54, 1.807) is 5.37 Å². The van der Waals surface area contributed by atoms with E-state index in [-0.39, 0.29) is 0 Å². The number of likely N-dealkylation sites (tertiary alicyclic amines) is 1. The van der Waals surface area contributed by atoms with Crippen molar-refractivity contribution >= 4 is 16.6 Å². The van der Waals surface area contributed by atoms with Gasteiger partial charge in [-0.3, -0.25) is 0 Å². The van der Waals surface area contributed by atoms with E-state index in [0.717, 1.165) is 13.0 Å². The first kappa shape index (κ1) is 7.95. The minimum atomic E-state index is 0.583. The van der Waals surface area contributed by atoms with E-state index in [0.29, 0.717) is 11.3 Å².